The summed E-state index contributed by atoms with van der Waals surface area (Å²) in [5, 5.41) is 0. The van der Waals surface area contributed by atoms with Crippen molar-refractivity contribution in [2.75, 3.05) is 13.1 Å². The number of hydrogen-bond acceptors (Lipinski definition) is 10. The predicted octanol–water partition coefficient (Wildman–Crippen LogP) is -3.82. The highest BCUT2D eigenvalue weighted by molar-refractivity contribution is 5.94. The number of nitrogens with two attached hydrogens (primary N) is 5. The topological polar surface area (TPSA) is 229 Å². The highest BCUT2D eigenvalue weighted by atomic mass is 16.6. The van der Waals surface area contributed by atoms with Gasteiger partial charge in [0.15, 0.2) is 5.96 Å². The molecule has 0 amide bonds. The minimum absolute atomic E-state index is 0.0905. The van der Waals surface area contributed by atoms with Gasteiger partial charge >= 0.3 is 23.9 Å². The molecule has 12 nitrogen and oxygen atoms in total. The smallest absolute Gasteiger partial charge is 0.331 e. The molecule has 0 spiro atoms. The second kappa shape index (κ2) is 11.0. The van der Waals surface area contributed by atoms with E-state index in [9.17, 15) is 19.2 Å². The van der Waals surface area contributed by atoms with Crippen LogP contribution in [0.3, 0.4) is 0 Å². The van der Waals surface area contributed by atoms with Crippen LogP contribution in [0.2, 0.25) is 0 Å². The quantitative estimate of drug-likeness (QED) is 0.0892. The number of hydrogen-bond donors (Lipinski definition) is 5. The summed E-state index contributed by atoms with van der Waals surface area (Å²) in [5.41, 5.74) is 26.1. The minimum Gasteiger partial charge on any atom is -0.392 e. The first kappa shape index (κ1) is 21.4. The Bertz CT molecular complexity index is 504. The van der Waals surface area contributed by atoms with Crippen LogP contribution < -0.4 is 28.7 Å². The Morgan fingerprint density at radius 2 is 1.50 bits per heavy atom. The van der Waals surface area contributed by atoms with E-state index >= 15 is 0 Å². The molecule has 10 N–H and O–H groups in total. The molecule has 0 aliphatic carbocycles. The van der Waals surface area contributed by atoms with Gasteiger partial charge in [0.05, 0.1) is 13.0 Å². The van der Waals surface area contributed by atoms with Crippen molar-refractivity contribution in [3.05, 3.63) is 0 Å². The lowest BCUT2D eigenvalue weighted by Gasteiger charge is -2.12. The van der Waals surface area contributed by atoms with E-state index in [2.05, 4.69) is 14.5 Å². The van der Waals surface area contributed by atoms with Crippen LogP contribution in [0.1, 0.15) is 19.3 Å². The Kier molecular flexibility index (Phi) is 9.86. The highest BCUT2D eigenvalue weighted by Crippen LogP contribution is 2.01. The lowest BCUT2D eigenvalue weighted by Crippen LogP contribution is -2.41. The van der Waals surface area contributed by atoms with Crippen molar-refractivity contribution < 1.29 is 28.7 Å². The number of guanidine groups is 1. The standard InChI is InChI=1S/C12H22N6O6/c13-5-9(20)23-8(19)4-7(15)11(22)24-10(21)6(14)2-1-3-18-12(16)17/h6-7H,1-5,13-15H2,(H4,16,17,18)/t6-,7-/m0/s1. The summed E-state index contributed by atoms with van der Waals surface area (Å²) in [4.78, 5) is 48.9. The SMILES string of the molecule is NCC(=O)OC(=O)C[C@H](N)C(=O)OC(=O)[C@@H](N)CCCN=C(N)N. The fourth-order valence-electron chi connectivity index (χ4n) is 1.36. The Labute approximate surface area is 137 Å². The van der Waals surface area contributed by atoms with Gasteiger partial charge in [0.25, 0.3) is 0 Å². The van der Waals surface area contributed by atoms with E-state index in [0.717, 1.165) is 0 Å². The summed E-state index contributed by atoms with van der Waals surface area (Å²) < 4.78 is 8.68. The molecule has 0 rings (SSSR count). The van der Waals surface area contributed by atoms with E-state index in [1.165, 1.54) is 0 Å². The molecule has 0 saturated carbocycles. The normalized spacial score (nSPS) is 12.6. The van der Waals surface area contributed by atoms with Crippen LogP contribution in [0.4, 0.5) is 0 Å². The van der Waals surface area contributed by atoms with Crippen LogP contribution in [0.15, 0.2) is 4.99 Å². The van der Waals surface area contributed by atoms with Gasteiger partial charge in [-0.2, -0.15) is 0 Å². The molecular formula is C12H22N6O6. The van der Waals surface area contributed by atoms with Gasteiger partial charge in [0.2, 0.25) is 0 Å². The molecule has 0 fully saturated rings. The van der Waals surface area contributed by atoms with Crippen molar-refractivity contribution in [1.82, 2.24) is 0 Å². The second-order valence-electron chi connectivity index (χ2n) is 4.66. The zero-order valence-electron chi connectivity index (χ0n) is 13.0. The Hall–Kier alpha value is -2.57. The van der Waals surface area contributed by atoms with Gasteiger partial charge in [-0.1, -0.05) is 0 Å². The first-order chi connectivity index (χ1) is 11.2. The van der Waals surface area contributed by atoms with Crippen molar-refractivity contribution in [3.8, 4) is 0 Å². The van der Waals surface area contributed by atoms with Gasteiger partial charge in [-0.05, 0) is 12.8 Å². The molecule has 24 heavy (non-hydrogen) atoms. The average molecular weight is 346 g/mol. The summed E-state index contributed by atoms with van der Waals surface area (Å²) in [6.45, 7) is -0.240. The van der Waals surface area contributed by atoms with E-state index in [4.69, 9.17) is 28.7 Å². The summed E-state index contributed by atoms with van der Waals surface area (Å²) in [7, 11) is 0. The number of nitrogens with zero attached hydrogens (tertiary/aromatic N) is 1. The first-order valence-electron chi connectivity index (χ1n) is 6.93. The molecule has 0 aliphatic rings. The van der Waals surface area contributed by atoms with E-state index < -0.39 is 48.9 Å². The zero-order chi connectivity index (χ0) is 18.7. The molecule has 0 heterocycles. The number of esters is 4. The largest absolute Gasteiger partial charge is 0.392 e. The Balaban J connectivity index is 4.23. The number of ether oxygens (including phenoxy) is 2. The molecular weight excluding hydrogens is 324 g/mol. The fourth-order valence-corrected chi connectivity index (χ4v) is 1.36. The lowest BCUT2D eigenvalue weighted by atomic mass is 10.1. The number of rotatable bonds is 9. The van der Waals surface area contributed by atoms with E-state index in [1.54, 1.807) is 0 Å². The molecule has 0 aromatic rings. The number of carbonyl (C=O) groups is 4. The minimum atomic E-state index is -1.49. The molecule has 0 unspecified atom stereocenters. The average Bonchev–Trinajstić information content (AvgIpc) is 2.50. The summed E-state index contributed by atoms with van der Waals surface area (Å²) >= 11 is 0. The van der Waals surface area contributed by atoms with Crippen LogP contribution in [0.5, 0.6) is 0 Å². The molecule has 0 radical (unpaired) electrons. The van der Waals surface area contributed by atoms with E-state index in [-0.39, 0.29) is 18.9 Å². The summed E-state index contributed by atoms with van der Waals surface area (Å²) in [6.07, 6.45) is -0.0926. The third kappa shape index (κ3) is 9.45. The Morgan fingerprint density at radius 3 is 2.04 bits per heavy atom. The Morgan fingerprint density at radius 1 is 0.917 bits per heavy atom. The highest BCUT2D eigenvalue weighted by Gasteiger charge is 2.26. The van der Waals surface area contributed by atoms with Crippen LogP contribution >= 0.6 is 0 Å². The summed E-state index contributed by atoms with van der Waals surface area (Å²) in [6, 6.07) is -2.57. The third-order valence-electron chi connectivity index (χ3n) is 2.56. The molecule has 136 valence electrons. The van der Waals surface area contributed by atoms with E-state index in [1.807, 2.05) is 0 Å². The molecule has 0 bridgehead atoms. The van der Waals surface area contributed by atoms with Crippen LogP contribution in [-0.2, 0) is 28.7 Å². The lowest BCUT2D eigenvalue weighted by molar-refractivity contribution is -0.166. The van der Waals surface area contributed by atoms with Crippen molar-refractivity contribution >= 4 is 29.8 Å². The maximum Gasteiger partial charge on any atom is 0.331 e. The maximum absolute atomic E-state index is 11.6. The van der Waals surface area contributed by atoms with Crippen LogP contribution in [-0.4, -0.2) is 55.0 Å². The maximum atomic E-state index is 11.6. The van der Waals surface area contributed by atoms with Gasteiger partial charge in [-0.3, -0.25) is 14.6 Å². The van der Waals surface area contributed by atoms with E-state index in [0.29, 0.717) is 6.42 Å². The van der Waals surface area contributed by atoms with Crippen molar-refractivity contribution in [2.45, 2.75) is 31.3 Å². The van der Waals surface area contributed by atoms with Crippen molar-refractivity contribution in [3.63, 3.8) is 0 Å². The molecule has 0 saturated heterocycles. The first-order valence-corrected chi connectivity index (χ1v) is 6.93. The fraction of sp³-hybridized carbons (Fsp3) is 0.583. The molecule has 0 aliphatic heterocycles. The second-order valence-corrected chi connectivity index (χ2v) is 4.66. The summed E-state index contributed by atoms with van der Waals surface area (Å²) in [5.74, 6) is -4.31. The van der Waals surface area contributed by atoms with Crippen LogP contribution in [0.25, 0.3) is 0 Å². The predicted molar refractivity (Wildman–Crippen MR) is 81.7 cm³/mol. The third-order valence-corrected chi connectivity index (χ3v) is 2.56. The van der Waals surface area contributed by atoms with Gasteiger partial charge < -0.3 is 38.1 Å². The van der Waals surface area contributed by atoms with Crippen molar-refractivity contribution in [2.24, 2.45) is 33.7 Å². The zero-order valence-corrected chi connectivity index (χ0v) is 13.0. The molecule has 0 aromatic carbocycles. The van der Waals surface area contributed by atoms with Crippen LogP contribution in [0, 0.1) is 0 Å². The van der Waals surface area contributed by atoms with Gasteiger partial charge in [0, 0.05) is 6.54 Å². The van der Waals surface area contributed by atoms with Crippen molar-refractivity contribution in [1.29, 1.82) is 0 Å². The number of aliphatic imine (C=N–C) groups is 1. The molecule has 0 aromatic heterocycles. The molecule has 12 heteroatoms. The number of carbonyl (C=O) groups excluding carboxylic acids is 4. The monoisotopic (exact) mass is 346 g/mol. The molecule has 2 atom stereocenters. The van der Waals surface area contributed by atoms with Gasteiger partial charge in [-0.25, -0.2) is 9.59 Å². The van der Waals surface area contributed by atoms with Gasteiger partial charge in [0.1, 0.15) is 12.1 Å². The van der Waals surface area contributed by atoms with Gasteiger partial charge in [-0.15, -0.1) is 0 Å².